The van der Waals surface area contributed by atoms with Crippen molar-refractivity contribution in [3.8, 4) is 0 Å². The Kier molecular flexibility index (Phi) is 6.55. The summed E-state index contributed by atoms with van der Waals surface area (Å²) in [6, 6.07) is 8.74. The summed E-state index contributed by atoms with van der Waals surface area (Å²) < 4.78 is 1.12. The van der Waals surface area contributed by atoms with Crippen molar-refractivity contribution >= 4 is 39.0 Å². The summed E-state index contributed by atoms with van der Waals surface area (Å²) in [6.07, 6.45) is 1.15. The van der Waals surface area contributed by atoms with Crippen molar-refractivity contribution in [1.82, 2.24) is 10.3 Å². The molecule has 2 rings (SSSR count). The van der Waals surface area contributed by atoms with Crippen LogP contribution in [0.3, 0.4) is 0 Å². The Labute approximate surface area is 137 Å². The van der Waals surface area contributed by atoms with Crippen LogP contribution in [0.4, 0.5) is 0 Å². The fraction of sp³-hybridized carbons (Fsp3) is 0.400. The normalized spacial score (nSPS) is 12.6. The number of benzene rings is 1. The van der Waals surface area contributed by atoms with Crippen molar-refractivity contribution in [3.63, 3.8) is 0 Å². The number of thioether (sulfide) groups is 1. The number of hydrogen-bond acceptors (Lipinski definition) is 4. The zero-order chi connectivity index (χ0) is 14.4. The highest BCUT2D eigenvalue weighted by Gasteiger charge is 2.09. The van der Waals surface area contributed by atoms with Gasteiger partial charge in [-0.15, -0.1) is 23.1 Å². The maximum absolute atomic E-state index is 4.72. The molecule has 1 heterocycles. The van der Waals surface area contributed by atoms with Crippen molar-refractivity contribution in [3.05, 3.63) is 44.8 Å². The third-order valence-electron chi connectivity index (χ3n) is 2.87. The van der Waals surface area contributed by atoms with Gasteiger partial charge in [-0.3, -0.25) is 0 Å². The van der Waals surface area contributed by atoms with E-state index >= 15 is 0 Å². The largest absolute Gasteiger partial charge is 0.309 e. The Morgan fingerprint density at radius 3 is 3.05 bits per heavy atom. The number of nitrogens with zero attached hydrogens (tertiary/aromatic N) is 1. The number of halogens is 1. The van der Waals surface area contributed by atoms with Crippen molar-refractivity contribution in [2.45, 2.75) is 37.0 Å². The van der Waals surface area contributed by atoms with Crippen molar-refractivity contribution < 1.29 is 0 Å². The summed E-state index contributed by atoms with van der Waals surface area (Å²) in [6.45, 7) is 5.40. The van der Waals surface area contributed by atoms with Gasteiger partial charge in [-0.1, -0.05) is 28.9 Å². The number of nitrogens with one attached hydrogen (secondary N) is 1. The second-order valence-electron chi connectivity index (χ2n) is 4.59. The smallest absolute Gasteiger partial charge is 0.103 e. The summed E-state index contributed by atoms with van der Waals surface area (Å²) in [5.41, 5.74) is 1.16. The molecule has 108 valence electrons. The Hall–Kier alpha value is -0.360. The Balaban J connectivity index is 1.89. The summed E-state index contributed by atoms with van der Waals surface area (Å²) in [4.78, 5) is 6.00. The quantitative estimate of drug-likeness (QED) is 0.672. The fourth-order valence-corrected chi connectivity index (χ4v) is 4.17. The maximum Gasteiger partial charge on any atom is 0.103 e. The molecule has 2 nitrogen and oxygen atoms in total. The van der Waals surface area contributed by atoms with E-state index in [1.807, 2.05) is 17.8 Å². The molecule has 1 aromatic heterocycles. The van der Waals surface area contributed by atoms with Gasteiger partial charge in [0, 0.05) is 20.8 Å². The first-order valence-electron chi connectivity index (χ1n) is 6.75. The predicted molar refractivity (Wildman–Crippen MR) is 92.5 cm³/mol. The molecule has 1 N–H and O–H groups in total. The van der Waals surface area contributed by atoms with Gasteiger partial charge in [-0.05, 0) is 38.1 Å². The summed E-state index contributed by atoms with van der Waals surface area (Å²) in [7, 11) is 0. The lowest BCUT2D eigenvalue weighted by atomic mass is 10.2. The first kappa shape index (κ1) is 16.0. The molecule has 0 fully saturated rings. The molecule has 0 saturated heterocycles. The molecule has 1 aromatic carbocycles. The molecular weight excluding hydrogens is 352 g/mol. The van der Waals surface area contributed by atoms with Crippen LogP contribution in [-0.2, 0) is 5.75 Å². The highest BCUT2D eigenvalue weighted by molar-refractivity contribution is 9.10. The first-order valence-corrected chi connectivity index (χ1v) is 9.41. The standard InChI is InChI=1S/C15H19BrN2S2/c1-3-7-17-11(2)14-9-20-15(18-14)10-19-13-6-4-5-12(16)8-13/h4-6,8-9,11,17H,3,7,10H2,1-2H3. The lowest BCUT2D eigenvalue weighted by Crippen LogP contribution is -2.19. The lowest BCUT2D eigenvalue weighted by molar-refractivity contribution is 0.560. The zero-order valence-corrected chi connectivity index (χ0v) is 14.9. The van der Waals surface area contributed by atoms with Gasteiger partial charge in [0.25, 0.3) is 0 Å². The zero-order valence-electron chi connectivity index (χ0n) is 11.7. The van der Waals surface area contributed by atoms with Crippen LogP contribution in [0.5, 0.6) is 0 Å². The lowest BCUT2D eigenvalue weighted by Gasteiger charge is -2.09. The summed E-state index contributed by atoms with van der Waals surface area (Å²) in [5, 5.41) is 6.84. The predicted octanol–water partition coefficient (Wildman–Crippen LogP) is 5.26. The van der Waals surface area contributed by atoms with Gasteiger partial charge in [-0.25, -0.2) is 4.98 Å². The van der Waals surface area contributed by atoms with Crippen LogP contribution in [0.2, 0.25) is 0 Å². The SMILES string of the molecule is CCCNC(C)c1csc(CSc2cccc(Br)c2)n1. The molecule has 0 radical (unpaired) electrons. The van der Waals surface area contributed by atoms with Gasteiger partial charge in [0.15, 0.2) is 0 Å². The Bertz CT molecular complexity index is 542. The van der Waals surface area contributed by atoms with Crippen LogP contribution in [0.25, 0.3) is 0 Å². The van der Waals surface area contributed by atoms with E-state index in [-0.39, 0.29) is 0 Å². The van der Waals surface area contributed by atoms with E-state index in [9.17, 15) is 0 Å². The van der Waals surface area contributed by atoms with E-state index in [0.717, 1.165) is 28.9 Å². The van der Waals surface area contributed by atoms with Crippen LogP contribution in [0.1, 0.15) is 37.0 Å². The molecule has 20 heavy (non-hydrogen) atoms. The summed E-state index contributed by atoms with van der Waals surface area (Å²) >= 11 is 7.08. The van der Waals surface area contributed by atoms with Gasteiger partial charge in [0.1, 0.15) is 5.01 Å². The number of aromatic nitrogens is 1. The molecule has 5 heteroatoms. The molecule has 0 aliphatic heterocycles. The highest BCUT2D eigenvalue weighted by Crippen LogP contribution is 2.27. The van der Waals surface area contributed by atoms with E-state index in [4.69, 9.17) is 4.98 Å². The molecule has 0 bridgehead atoms. The molecule has 0 saturated carbocycles. The van der Waals surface area contributed by atoms with Gasteiger partial charge in [0.05, 0.1) is 11.4 Å². The van der Waals surface area contributed by atoms with Gasteiger partial charge < -0.3 is 5.32 Å². The van der Waals surface area contributed by atoms with E-state index in [0.29, 0.717) is 6.04 Å². The number of hydrogen-bond donors (Lipinski definition) is 1. The Morgan fingerprint density at radius 1 is 1.45 bits per heavy atom. The van der Waals surface area contributed by atoms with Gasteiger partial charge >= 0.3 is 0 Å². The minimum atomic E-state index is 0.343. The van der Waals surface area contributed by atoms with Crippen LogP contribution >= 0.6 is 39.0 Å². The van der Waals surface area contributed by atoms with Crippen LogP contribution in [0, 0.1) is 0 Å². The number of rotatable bonds is 7. The van der Waals surface area contributed by atoms with Gasteiger partial charge in [0.2, 0.25) is 0 Å². The highest BCUT2D eigenvalue weighted by atomic mass is 79.9. The second-order valence-corrected chi connectivity index (χ2v) is 7.50. The Morgan fingerprint density at radius 2 is 2.30 bits per heavy atom. The molecule has 0 spiro atoms. The average molecular weight is 371 g/mol. The minimum absolute atomic E-state index is 0.343. The van der Waals surface area contributed by atoms with E-state index < -0.39 is 0 Å². The minimum Gasteiger partial charge on any atom is -0.309 e. The van der Waals surface area contributed by atoms with Crippen LogP contribution in [-0.4, -0.2) is 11.5 Å². The second kappa shape index (κ2) is 8.17. The van der Waals surface area contributed by atoms with Crippen LogP contribution < -0.4 is 5.32 Å². The summed E-state index contributed by atoms with van der Waals surface area (Å²) in [5.74, 6) is 0.932. The number of thiazole rings is 1. The van der Waals surface area contributed by atoms with Gasteiger partial charge in [-0.2, -0.15) is 0 Å². The third kappa shape index (κ3) is 4.88. The van der Waals surface area contributed by atoms with Crippen molar-refractivity contribution in [1.29, 1.82) is 0 Å². The van der Waals surface area contributed by atoms with Crippen LogP contribution in [0.15, 0.2) is 39.0 Å². The fourth-order valence-electron chi connectivity index (χ4n) is 1.76. The molecular formula is C15H19BrN2S2. The maximum atomic E-state index is 4.72. The average Bonchev–Trinajstić information content (AvgIpc) is 2.91. The molecule has 2 aromatic rings. The molecule has 0 aliphatic carbocycles. The topological polar surface area (TPSA) is 24.9 Å². The van der Waals surface area contributed by atoms with E-state index in [1.165, 1.54) is 9.90 Å². The van der Waals surface area contributed by atoms with Crippen molar-refractivity contribution in [2.75, 3.05) is 6.54 Å². The molecule has 1 atom stereocenters. The molecule has 1 unspecified atom stereocenters. The van der Waals surface area contributed by atoms with E-state index in [2.05, 4.69) is 58.7 Å². The monoisotopic (exact) mass is 370 g/mol. The van der Waals surface area contributed by atoms with Crippen molar-refractivity contribution in [2.24, 2.45) is 0 Å². The third-order valence-corrected chi connectivity index (χ3v) is 5.42. The molecule has 0 amide bonds. The molecule has 0 aliphatic rings. The first-order chi connectivity index (χ1) is 9.69. The van der Waals surface area contributed by atoms with E-state index in [1.54, 1.807) is 11.3 Å².